The van der Waals surface area contributed by atoms with E-state index in [0.717, 1.165) is 11.4 Å². The van der Waals surface area contributed by atoms with Gasteiger partial charge in [0, 0.05) is 6.20 Å². The van der Waals surface area contributed by atoms with Crippen LogP contribution in [0, 0.1) is 6.92 Å². The van der Waals surface area contributed by atoms with Crippen LogP contribution in [-0.4, -0.2) is 15.2 Å². The Kier molecular flexibility index (Phi) is 3.40. The molecular weight excluding hydrogens is 204 g/mol. The molecule has 0 unspecified atom stereocenters. The SMILES string of the molecule is Cc1ccc(NOCc2ccccn2)nn1. The van der Waals surface area contributed by atoms with Gasteiger partial charge in [-0.1, -0.05) is 6.07 Å². The minimum atomic E-state index is 0.385. The first kappa shape index (κ1) is 10.5. The van der Waals surface area contributed by atoms with Crippen molar-refractivity contribution in [1.29, 1.82) is 0 Å². The van der Waals surface area contributed by atoms with Gasteiger partial charge in [0.25, 0.3) is 0 Å². The van der Waals surface area contributed by atoms with Gasteiger partial charge in [-0.15, -0.1) is 5.10 Å². The first-order chi connectivity index (χ1) is 7.84. The summed E-state index contributed by atoms with van der Waals surface area (Å²) >= 11 is 0. The van der Waals surface area contributed by atoms with Gasteiger partial charge in [0.15, 0.2) is 5.82 Å². The third-order valence-electron chi connectivity index (χ3n) is 1.92. The number of aryl methyl sites for hydroxylation is 1. The van der Waals surface area contributed by atoms with Crippen LogP contribution in [-0.2, 0) is 11.4 Å². The topological polar surface area (TPSA) is 59.9 Å². The molecule has 0 spiro atoms. The zero-order chi connectivity index (χ0) is 11.2. The third-order valence-corrected chi connectivity index (χ3v) is 1.92. The summed E-state index contributed by atoms with van der Waals surface area (Å²) in [4.78, 5) is 9.35. The van der Waals surface area contributed by atoms with Crippen LogP contribution < -0.4 is 5.48 Å². The summed E-state index contributed by atoms with van der Waals surface area (Å²) < 4.78 is 0. The molecule has 2 rings (SSSR count). The first-order valence-electron chi connectivity index (χ1n) is 4.92. The third kappa shape index (κ3) is 2.99. The van der Waals surface area contributed by atoms with Crippen molar-refractivity contribution in [3.05, 3.63) is 47.9 Å². The maximum absolute atomic E-state index is 5.23. The number of nitrogens with zero attached hydrogens (tertiary/aromatic N) is 3. The lowest BCUT2D eigenvalue weighted by Crippen LogP contribution is -2.04. The van der Waals surface area contributed by atoms with Gasteiger partial charge in [-0.3, -0.25) is 9.82 Å². The molecule has 5 heteroatoms. The molecule has 0 saturated heterocycles. The van der Waals surface area contributed by atoms with Crippen LogP contribution in [0.25, 0.3) is 0 Å². The Morgan fingerprint density at radius 2 is 2.12 bits per heavy atom. The van der Waals surface area contributed by atoms with Crippen LogP contribution in [0.4, 0.5) is 5.82 Å². The first-order valence-corrected chi connectivity index (χ1v) is 4.92. The molecule has 0 aliphatic rings. The molecule has 0 fully saturated rings. The van der Waals surface area contributed by atoms with Crippen LogP contribution in [0.1, 0.15) is 11.4 Å². The summed E-state index contributed by atoms with van der Waals surface area (Å²) in [6.07, 6.45) is 1.73. The van der Waals surface area contributed by atoms with E-state index < -0.39 is 0 Å². The second-order valence-corrected chi connectivity index (χ2v) is 3.27. The number of nitrogens with one attached hydrogen (secondary N) is 1. The summed E-state index contributed by atoms with van der Waals surface area (Å²) in [6.45, 7) is 2.27. The Bertz CT molecular complexity index is 429. The van der Waals surface area contributed by atoms with Gasteiger partial charge >= 0.3 is 0 Å². The predicted molar refractivity (Wildman–Crippen MR) is 59.4 cm³/mol. The van der Waals surface area contributed by atoms with E-state index in [0.29, 0.717) is 12.4 Å². The summed E-state index contributed by atoms with van der Waals surface area (Å²) in [5, 5.41) is 7.80. The smallest absolute Gasteiger partial charge is 0.172 e. The molecule has 0 radical (unpaired) electrons. The summed E-state index contributed by atoms with van der Waals surface area (Å²) in [6, 6.07) is 9.34. The molecule has 2 heterocycles. The molecule has 16 heavy (non-hydrogen) atoms. The maximum atomic E-state index is 5.23. The number of rotatable bonds is 4. The van der Waals surface area contributed by atoms with Gasteiger partial charge in [-0.05, 0) is 31.2 Å². The number of anilines is 1. The van der Waals surface area contributed by atoms with Crippen molar-refractivity contribution in [2.75, 3.05) is 5.48 Å². The van der Waals surface area contributed by atoms with Crippen molar-refractivity contribution in [2.45, 2.75) is 13.5 Å². The monoisotopic (exact) mass is 216 g/mol. The van der Waals surface area contributed by atoms with Gasteiger partial charge in [0.2, 0.25) is 0 Å². The van der Waals surface area contributed by atoms with Crippen molar-refractivity contribution in [3.8, 4) is 0 Å². The molecule has 0 atom stereocenters. The molecule has 0 aliphatic carbocycles. The maximum Gasteiger partial charge on any atom is 0.172 e. The van der Waals surface area contributed by atoms with E-state index in [1.165, 1.54) is 0 Å². The number of hydrogen-bond acceptors (Lipinski definition) is 5. The molecule has 82 valence electrons. The normalized spacial score (nSPS) is 10.1. The predicted octanol–water partition coefficient (Wildman–Crippen LogP) is 1.72. The Morgan fingerprint density at radius 1 is 1.19 bits per heavy atom. The molecule has 5 nitrogen and oxygen atoms in total. The standard InChI is InChI=1S/C11H12N4O/c1-9-5-6-11(14-13-9)15-16-8-10-4-2-3-7-12-10/h2-7H,8H2,1H3,(H,14,15). The molecule has 0 aromatic carbocycles. The van der Waals surface area contributed by atoms with Crippen LogP contribution in [0.5, 0.6) is 0 Å². The minimum Gasteiger partial charge on any atom is -0.268 e. The van der Waals surface area contributed by atoms with Gasteiger partial charge in [0.05, 0.1) is 11.4 Å². The fourth-order valence-corrected chi connectivity index (χ4v) is 1.12. The van der Waals surface area contributed by atoms with Crippen molar-refractivity contribution in [1.82, 2.24) is 15.2 Å². The molecule has 2 aromatic rings. The van der Waals surface area contributed by atoms with Crippen LogP contribution in [0.2, 0.25) is 0 Å². The average molecular weight is 216 g/mol. The highest BCUT2D eigenvalue weighted by Gasteiger charge is 1.95. The highest BCUT2D eigenvalue weighted by Crippen LogP contribution is 2.02. The van der Waals surface area contributed by atoms with Gasteiger partial charge in [-0.2, -0.15) is 5.10 Å². The van der Waals surface area contributed by atoms with Gasteiger partial charge in [-0.25, -0.2) is 5.48 Å². The average Bonchev–Trinajstić information content (AvgIpc) is 2.33. The molecule has 1 N–H and O–H groups in total. The van der Waals surface area contributed by atoms with Crippen molar-refractivity contribution in [2.24, 2.45) is 0 Å². The summed E-state index contributed by atoms with van der Waals surface area (Å²) in [7, 11) is 0. The molecule has 2 aromatic heterocycles. The fourth-order valence-electron chi connectivity index (χ4n) is 1.12. The van der Waals surface area contributed by atoms with Gasteiger partial charge < -0.3 is 0 Å². The highest BCUT2D eigenvalue weighted by molar-refractivity contribution is 5.29. The van der Waals surface area contributed by atoms with E-state index in [-0.39, 0.29) is 0 Å². The van der Waals surface area contributed by atoms with Crippen molar-refractivity contribution in [3.63, 3.8) is 0 Å². The zero-order valence-electron chi connectivity index (χ0n) is 8.92. The van der Waals surface area contributed by atoms with Crippen LogP contribution >= 0.6 is 0 Å². The lowest BCUT2D eigenvalue weighted by molar-refractivity contribution is 0.175. The van der Waals surface area contributed by atoms with E-state index in [9.17, 15) is 0 Å². The zero-order valence-corrected chi connectivity index (χ0v) is 8.92. The number of pyridine rings is 1. The van der Waals surface area contributed by atoms with E-state index >= 15 is 0 Å². The molecule has 0 saturated carbocycles. The Morgan fingerprint density at radius 3 is 2.81 bits per heavy atom. The Balaban J connectivity index is 1.82. The molecule has 0 bridgehead atoms. The van der Waals surface area contributed by atoms with Crippen molar-refractivity contribution >= 4 is 5.82 Å². The minimum absolute atomic E-state index is 0.385. The van der Waals surface area contributed by atoms with Gasteiger partial charge in [0.1, 0.15) is 6.61 Å². The highest BCUT2D eigenvalue weighted by atomic mass is 16.6. The van der Waals surface area contributed by atoms with Crippen molar-refractivity contribution < 1.29 is 4.84 Å². The lowest BCUT2D eigenvalue weighted by Gasteiger charge is -2.04. The Hall–Kier alpha value is -2.01. The van der Waals surface area contributed by atoms with E-state index in [2.05, 4.69) is 20.7 Å². The second kappa shape index (κ2) is 5.18. The van der Waals surface area contributed by atoms with Crippen LogP contribution in [0.15, 0.2) is 36.5 Å². The van der Waals surface area contributed by atoms with Crippen LogP contribution in [0.3, 0.4) is 0 Å². The Labute approximate surface area is 93.5 Å². The lowest BCUT2D eigenvalue weighted by atomic mass is 10.4. The number of hydrogen-bond donors (Lipinski definition) is 1. The van der Waals surface area contributed by atoms with E-state index in [1.54, 1.807) is 12.3 Å². The number of aromatic nitrogens is 3. The summed E-state index contributed by atoms with van der Waals surface area (Å²) in [5.74, 6) is 0.585. The molecule has 0 aliphatic heterocycles. The quantitative estimate of drug-likeness (QED) is 0.788. The fraction of sp³-hybridized carbons (Fsp3) is 0.182. The summed E-state index contributed by atoms with van der Waals surface area (Å²) in [5.41, 5.74) is 4.43. The largest absolute Gasteiger partial charge is 0.268 e. The van der Waals surface area contributed by atoms with E-state index in [4.69, 9.17) is 4.84 Å². The second-order valence-electron chi connectivity index (χ2n) is 3.27. The van der Waals surface area contributed by atoms with E-state index in [1.807, 2.05) is 31.2 Å². The molecular formula is C11H12N4O. The molecule has 0 amide bonds.